The third-order valence-electron chi connectivity index (χ3n) is 9.56. The van der Waals surface area contributed by atoms with Gasteiger partial charge in [-0.25, -0.2) is 0 Å². The lowest BCUT2D eigenvalue weighted by Gasteiger charge is -2.15. The second-order valence-corrected chi connectivity index (χ2v) is 14.4. The van der Waals surface area contributed by atoms with E-state index in [1.165, 1.54) is 173 Å². The fourth-order valence-corrected chi connectivity index (χ4v) is 6.31. The Kier molecular flexibility index (Phi) is 38.9. The molecule has 0 aliphatic rings. The van der Waals surface area contributed by atoms with Gasteiger partial charge in [-0.2, -0.15) is 0 Å². The number of allylic oxidation sites excluding steroid dienone is 2. The fraction of sp³-hybridized carbons (Fsp3) is 0.907. The SMILES string of the molecule is CCCCCCCCC=CCCCCCCCCCCCC(=O)O[C@@H](CO)COC(=O)CCCCCCCCCCCCCCCCC. The maximum atomic E-state index is 12.2. The molecule has 0 aromatic rings. The van der Waals surface area contributed by atoms with Crippen molar-refractivity contribution in [2.45, 2.75) is 238 Å². The Hall–Kier alpha value is -1.36. The summed E-state index contributed by atoms with van der Waals surface area (Å²) in [4.78, 5) is 24.3. The Labute approximate surface area is 299 Å². The molecule has 0 bridgehead atoms. The van der Waals surface area contributed by atoms with Gasteiger partial charge in [-0.3, -0.25) is 9.59 Å². The first-order valence-electron chi connectivity index (χ1n) is 21.2. The average molecular weight is 679 g/mol. The van der Waals surface area contributed by atoms with E-state index in [2.05, 4.69) is 26.0 Å². The van der Waals surface area contributed by atoms with Crippen molar-refractivity contribution in [3.63, 3.8) is 0 Å². The van der Waals surface area contributed by atoms with Gasteiger partial charge in [0.15, 0.2) is 6.10 Å². The van der Waals surface area contributed by atoms with Gasteiger partial charge in [-0.1, -0.05) is 193 Å². The summed E-state index contributed by atoms with van der Waals surface area (Å²) in [6.45, 7) is 4.16. The number of unbranched alkanes of at least 4 members (excludes halogenated alkanes) is 29. The molecule has 0 unspecified atom stereocenters. The minimum Gasteiger partial charge on any atom is -0.462 e. The molecule has 1 N–H and O–H groups in total. The van der Waals surface area contributed by atoms with Crippen LogP contribution in [0.1, 0.15) is 232 Å². The molecule has 0 heterocycles. The van der Waals surface area contributed by atoms with Gasteiger partial charge >= 0.3 is 11.9 Å². The van der Waals surface area contributed by atoms with Crippen molar-refractivity contribution < 1.29 is 24.2 Å². The van der Waals surface area contributed by atoms with Crippen LogP contribution in [0.15, 0.2) is 12.2 Å². The Morgan fingerprint density at radius 1 is 0.458 bits per heavy atom. The largest absolute Gasteiger partial charge is 0.462 e. The molecule has 5 heteroatoms. The van der Waals surface area contributed by atoms with Crippen LogP contribution in [0.5, 0.6) is 0 Å². The van der Waals surface area contributed by atoms with E-state index in [4.69, 9.17) is 9.47 Å². The molecule has 0 rings (SSSR count). The quantitative estimate of drug-likeness (QED) is 0.0398. The van der Waals surface area contributed by atoms with Crippen molar-refractivity contribution in [3.05, 3.63) is 12.2 Å². The van der Waals surface area contributed by atoms with Crippen LogP contribution in [0, 0.1) is 0 Å². The number of carbonyl (C=O) groups is 2. The van der Waals surface area contributed by atoms with Crippen LogP contribution in [0.4, 0.5) is 0 Å². The molecule has 0 aromatic heterocycles. The molecule has 0 spiro atoms. The van der Waals surface area contributed by atoms with Crippen LogP contribution in [0.25, 0.3) is 0 Å². The Balaban J connectivity index is 3.50. The molecule has 0 aliphatic carbocycles. The van der Waals surface area contributed by atoms with E-state index in [-0.39, 0.29) is 25.2 Å². The third kappa shape index (κ3) is 37.5. The summed E-state index contributed by atoms with van der Waals surface area (Å²) in [5.41, 5.74) is 0. The summed E-state index contributed by atoms with van der Waals surface area (Å²) in [5, 5.41) is 9.57. The molecular weight excluding hydrogens is 596 g/mol. The molecule has 48 heavy (non-hydrogen) atoms. The molecule has 0 fully saturated rings. The summed E-state index contributed by atoms with van der Waals surface area (Å²) < 4.78 is 10.6. The van der Waals surface area contributed by atoms with E-state index in [1.54, 1.807) is 0 Å². The Bertz CT molecular complexity index is 691. The van der Waals surface area contributed by atoms with Gasteiger partial charge < -0.3 is 14.6 Å². The van der Waals surface area contributed by atoms with Crippen LogP contribution in [-0.4, -0.2) is 36.4 Å². The molecular formula is C43H82O5. The van der Waals surface area contributed by atoms with Crippen LogP contribution in [0.2, 0.25) is 0 Å². The zero-order valence-electron chi connectivity index (χ0n) is 32.3. The smallest absolute Gasteiger partial charge is 0.306 e. The van der Waals surface area contributed by atoms with E-state index < -0.39 is 6.10 Å². The molecule has 0 radical (unpaired) electrons. The lowest BCUT2D eigenvalue weighted by molar-refractivity contribution is -0.161. The summed E-state index contributed by atoms with van der Waals surface area (Å²) in [6, 6.07) is 0. The monoisotopic (exact) mass is 679 g/mol. The van der Waals surface area contributed by atoms with E-state index in [0.29, 0.717) is 12.8 Å². The highest BCUT2D eigenvalue weighted by atomic mass is 16.6. The standard InChI is InChI=1S/C43H82O5/c1-3-5-7-9-11-13-15-17-19-20-21-22-24-26-28-30-32-34-36-38-43(46)48-41(39-44)40-47-42(45)37-35-33-31-29-27-25-23-18-16-14-12-10-8-6-4-2/h17,19,41,44H,3-16,18,20-40H2,1-2H3/t41-/m0/s1. The van der Waals surface area contributed by atoms with E-state index in [0.717, 1.165) is 32.1 Å². The molecule has 5 nitrogen and oxygen atoms in total. The molecule has 0 aromatic carbocycles. The van der Waals surface area contributed by atoms with Crippen LogP contribution >= 0.6 is 0 Å². The maximum Gasteiger partial charge on any atom is 0.306 e. The van der Waals surface area contributed by atoms with Crippen molar-refractivity contribution >= 4 is 11.9 Å². The van der Waals surface area contributed by atoms with Crippen LogP contribution in [0.3, 0.4) is 0 Å². The maximum absolute atomic E-state index is 12.2. The number of aliphatic hydroxyl groups is 1. The summed E-state index contributed by atoms with van der Waals surface area (Å²) in [6.07, 6.45) is 45.6. The Morgan fingerprint density at radius 3 is 1.12 bits per heavy atom. The van der Waals surface area contributed by atoms with Crippen molar-refractivity contribution in [1.82, 2.24) is 0 Å². The highest BCUT2D eigenvalue weighted by Crippen LogP contribution is 2.15. The first-order valence-corrected chi connectivity index (χ1v) is 21.2. The molecule has 0 aliphatic heterocycles. The summed E-state index contributed by atoms with van der Waals surface area (Å²) >= 11 is 0. The van der Waals surface area contributed by atoms with Crippen molar-refractivity contribution in [1.29, 1.82) is 0 Å². The number of aliphatic hydroxyl groups excluding tert-OH is 1. The minimum atomic E-state index is -0.765. The molecule has 0 saturated heterocycles. The zero-order chi connectivity index (χ0) is 35.0. The first-order chi connectivity index (χ1) is 23.6. The summed E-state index contributed by atoms with van der Waals surface area (Å²) in [5.74, 6) is -0.580. The van der Waals surface area contributed by atoms with Gasteiger partial charge in [0.25, 0.3) is 0 Å². The number of hydrogen-bond donors (Lipinski definition) is 1. The molecule has 284 valence electrons. The number of carbonyl (C=O) groups excluding carboxylic acids is 2. The highest BCUT2D eigenvalue weighted by Gasteiger charge is 2.16. The van der Waals surface area contributed by atoms with Gasteiger partial charge in [-0.15, -0.1) is 0 Å². The number of hydrogen-bond acceptors (Lipinski definition) is 5. The van der Waals surface area contributed by atoms with E-state index in [9.17, 15) is 14.7 Å². The Morgan fingerprint density at radius 2 is 0.771 bits per heavy atom. The first kappa shape index (κ1) is 46.6. The second-order valence-electron chi connectivity index (χ2n) is 14.4. The zero-order valence-corrected chi connectivity index (χ0v) is 32.3. The number of esters is 2. The van der Waals surface area contributed by atoms with Crippen molar-refractivity contribution in [2.24, 2.45) is 0 Å². The van der Waals surface area contributed by atoms with Gasteiger partial charge in [0.2, 0.25) is 0 Å². The molecule has 0 saturated carbocycles. The van der Waals surface area contributed by atoms with Crippen LogP contribution in [-0.2, 0) is 19.1 Å². The number of ether oxygens (including phenoxy) is 2. The lowest BCUT2D eigenvalue weighted by atomic mass is 10.0. The predicted molar refractivity (Wildman–Crippen MR) is 205 cm³/mol. The van der Waals surface area contributed by atoms with Crippen molar-refractivity contribution in [2.75, 3.05) is 13.2 Å². The van der Waals surface area contributed by atoms with Crippen molar-refractivity contribution in [3.8, 4) is 0 Å². The van der Waals surface area contributed by atoms with Gasteiger partial charge in [-0.05, 0) is 38.5 Å². The molecule has 0 amide bonds. The lowest BCUT2D eigenvalue weighted by Crippen LogP contribution is -2.28. The third-order valence-corrected chi connectivity index (χ3v) is 9.56. The second kappa shape index (κ2) is 40.1. The fourth-order valence-electron chi connectivity index (χ4n) is 6.31. The minimum absolute atomic E-state index is 0.0602. The van der Waals surface area contributed by atoms with Crippen LogP contribution < -0.4 is 0 Å². The topological polar surface area (TPSA) is 72.8 Å². The van der Waals surface area contributed by atoms with Gasteiger partial charge in [0, 0.05) is 12.8 Å². The summed E-state index contributed by atoms with van der Waals surface area (Å²) in [7, 11) is 0. The van der Waals surface area contributed by atoms with E-state index in [1.807, 2.05) is 0 Å². The average Bonchev–Trinajstić information content (AvgIpc) is 3.09. The normalized spacial score (nSPS) is 12.1. The van der Waals surface area contributed by atoms with E-state index >= 15 is 0 Å². The molecule has 1 atom stereocenters. The highest BCUT2D eigenvalue weighted by molar-refractivity contribution is 5.70. The number of rotatable bonds is 39. The predicted octanol–water partition coefficient (Wildman–Crippen LogP) is 13.3. The van der Waals surface area contributed by atoms with Gasteiger partial charge in [0.1, 0.15) is 6.61 Å². The van der Waals surface area contributed by atoms with Gasteiger partial charge in [0.05, 0.1) is 6.61 Å².